The van der Waals surface area contributed by atoms with E-state index in [4.69, 9.17) is 11.5 Å². The molecule has 0 aliphatic heterocycles. The highest BCUT2D eigenvalue weighted by Crippen LogP contribution is 2.33. The average molecular weight is 293 g/mol. The number of benzene rings is 1. The highest BCUT2D eigenvalue weighted by atomic mass is 32.2. The van der Waals surface area contributed by atoms with Crippen molar-refractivity contribution in [3.05, 3.63) is 35.6 Å². The lowest BCUT2D eigenvalue weighted by atomic mass is 10.1. The molecule has 1 heterocycles. The van der Waals surface area contributed by atoms with Crippen LogP contribution < -0.4 is 16.8 Å². The molecule has 0 aliphatic rings. The van der Waals surface area contributed by atoms with Crippen molar-refractivity contribution in [2.75, 3.05) is 18.5 Å². The predicted molar refractivity (Wildman–Crippen MR) is 78.9 cm³/mol. The summed E-state index contributed by atoms with van der Waals surface area (Å²) in [6.07, 6.45) is 0. The zero-order valence-electron chi connectivity index (χ0n) is 11.2. The van der Waals surface area contributed by atoms with Crippen molar-refractivity contribution in [3.63, 3.8) is 0 Å². The molecule has 0 amide bonds. The Hall–Kier alpha value is -1.86. The molecule has 20 heavy (non-hydrogen) atoms. The van der Waals surface area contributed by atoms with Crippen molar-refractivity contribution < 1.29 is 4.39 Å². The molecule has 0 saturated carbocycles. The lowest BCUT2D eigenvalue weighted by Gasteiger charge is -2.16. The molecule has 5 N–H and O–H groups in total. The van der Waals surface area contributed by atoms with Gasteiger partial charge in [-0.2, -0.15) is 0 Å². The molecule has 0 spiro atoms. The Morgan fingerprint density at radius 2 is 1.90 bits per heavy atom. The van der Waals surface area contributed by atoms with Crippen LogP contribution in [0.5, 0.6) is 0 Å². The summed E-state index contributed by atoms with van der Waals surface area (Å²) in [4.78, 5) is 8.92. The Labute approximate surface area is 121 Å². The number of anilines is 2. The molecule has 2 rings (SSSR count). The largest absolute Gasteiger partial charge is 0.383 e. The van der Waals surface area contributed by atoms with Crippen LogP contribution in [0.4, 0.5) is 16.0 Å². The van der Waals surface area contributed by atoms with Crippen LogP contribution >= 0.6 is 11.8 Å². The first-order valence-corrected chi connectivity index (χ1v) is 6.86. The number of nitrogen functional groups attached to an aromatic ring is 2. The summed E-state index contributed by atoms with van der Waals surface area (Å²) in [5, 5.41) is 3.43. The number of nitrogens with two attached hydrogens (primary N) is 2. The topological polar surface area (TPSA) is 89.8 Å². The predicted octanol–water partition coefficient (Wildman–Crippen LogP) is 2.21. The number of hydrogen-bond acceptors (Lipinski definition) is 6. The van der Waals surface area contributed by atoms with Crippen LogP contribution in [-0.4, -0.2) is 17.0 Å². The lowest BCUT2D eigenvalue weighted by molar-refractivity contribution is 0.552. The molecular weight excluding hydrogens is 277 g/mol. The molecule has 7 heteroatoms. The minimum Gasteiger partial charge on any atom is -0.383 e. The summed E-state index contributed by atoms with van der Waals surface area (Å²) in [5.74, 6) is 0.313. The summed E-state index contributed by atoms with van der Waals surface area (Å²) in [6.45, 7) is 1.89. The third-order valence-electron chi connectivity index (χ3n) is 2.83. The maximum absolute atomic E-state index is 14.0. The molecule has 1 aromatic carbocycles. The molecule has 5 nitrogen and oxygen atoms in total. The molecule has 106 valence electrons. The lowest BCUT2D eigenvalue weighted by Crippen LogP contribution is -2.15. The van der Waals surface area contributed by atoms with Crippen molar-refractivity contribution in [3.8, 4) is 0 Å². The summed E-state index contributed by atoms with van der Waals surface area (Å²) in [6, 6.07) is 6.25. The van der Waals surface area contributed by atoms with E-state index in [2.05, 4.69) is 15.3 Å². The third-order valence-corrected chi connectivity index (χ3v) is 3.77. The minimum absolute atomic E-state index is 0.128. The minimum atomic E-state index is -0.270. The van der Waals surface area contributed by atoms with E-state index < -0.39 is 0 Å². The van der Waals surface area contributed by atoms with Gasteiger partial charge in [-0.3, -0.25) is 0 Å². The molecule has 0 fully saturated rings. The highest BCUT2D eigenvalue weighted by molar-refractivity contribution is 7.99. The van der Waals surface area contributed by atoms with Crippen LogP contribution in [0.2, 0.25) is 0 Å². The van der Waals surface area contributed by atoms with Gasteiger partial charge < -0.3 is 16.8 Å². The normalized spacial score (nSPS) is 12.3. The van der Waals surface area contributed by atoms with Gasteiger partial charge in [0.25, 0.3) is 0 Å². The molecular formula is C13H16FN5S. The number of rotatable bonds is 4. The Kier molecular flexibility index (Phi) is 4.41. The van der Waals surface area contributed by atoms with Gasteiger partial charge in [-0.1, -0.05) is 6.07 Å². The highest BCUT2D eigenvalue weighted by Gasteiger charge is 2.16. The number of halogens is 1. The van der Waals surface area contributed by atoms with Crippen molar-refractivity contribution in [2.45, 2.75) is 23.0 Å². The summed E-state index contributed by atoms with van der Waals surface area (Å²) < 4.78 is 14.0. The van der Waals surface area contributed by atoms with Gasteiger partial charge in [0.1, 0.15) is 17.5 Å². The number of aromatic nitrogens is 2. The van der Waals surface area contributed by atoms with Crippen molar-refractivity contribution in [1.82, 2.24) is 15.3 Å². The molecule has 2 aromatic rings. The third kappa shape index (κ3) is 3.17. The van der Waals surface area contributed by atoms with Crippen LogP contribution in [0.3, 0.4) is 0 Å². The van der Waals surface area contributed by atoms with E-state index in [-0.39, 0.29) is 11.9 Å². The van der Waals surface area contributed by atoms with Gasteiger partial charge in [-0.05, 0) is 37.9 Å². The van der Waals surface area contributed by atoms with Crippen LogP contribution in [0.1, 0.15) is 18.5 Å². The summed E-state index contributed by atoms with van der Waals surface area (Å²) in [7, 11) is 1.78. The molecule has 1 atom stereocenters. The fraction of sp³-hybridized carbons (Fsp3) is 0.231. The zero-order valence-corrected chi connectivity index (χ0v) is 12.0. The van der Waals surface area contributed by atoms with E-state index >= 15 is 0 Å². The first kappa shape index (κ1) is 14.5. The summed E-state index contributed by atoms with van der Waals surface area (Å²) >= 11 is 1.24. The molecule has 0 radical (unpaired) electrons. The standard InChI is InChI=1S/C13H16FN5S/c1-7(17-2)12-8(14)4-3-5-9(12)20-13-18-10(15)6-11(16)19-13/h3-7,17H,1-2H3,(H4,15,16,18,19). The molecule has 1 unspecified atom stereocenters. The second-order valence-corrected chi connectivity index (χ2v) is 5.27. The van der Waals surface area contributed by atoms with Crippen molar-refractivity contribution in [2.24, 2.45) is 0 Å². The van der Waals surface area contributed by atoms with E-state index in [0.29, 0.717) is 22.4 Å². The zero-order chi connectivity index (χ0) is 14.7. The first-order valence-electron chi connectivity index (χ1n) is 6.05. The van der Waals surface area contributed by atoms with Crippen molar-refractivity contribution >= 4 is 23.4 Å². The van der Waals surface area contributed by atoms with E-state index in [1.54, 1.807) is 13.1 Å². The van der Waals surface area contributed by atoms with Crippen LogP contribution in [0, 0.1) is 5.82 Å². The van der Waals surface area contributed by atoms with E-state index in [0.717, 1.165) is 4.90 Å². The smallest absolute Gasteiger partial charge is 0.196 e. The fourth-order valence-corrected chi connectivity index (χ4v) is 2.81. The Balaban J connectivity index is 2.40. The average Bonchev–Trinajstić information content (AvgIpc) is 2.37. The van der Waals surface area contributed by atoms with E-state index in [9.17, 15) is 4.39 Å². The van der Waals surface area contributed by atoms with Gasteiger partial charge in [0, 0.05) is 22.6 Å². The monoisotopic (exact) mass is 293 g/mol. The quantitative estimate of drug-likeness (QED) is 0.749. The second kappa shape index (κ2) is 6.06. The Morgan fingerprint density at radius 1 is 1.25 bits per heavy atom. The molecule has 0 bridgehead atoms. The molecule has 0 aliphatic carbocycles. The van der Waals surface area contributed by atoms with Gasteiger partial charge in [-0.25, -0.2) is 14.4 Å². The maximum atomic E-state index is 14.0. The van der Waals surface area contributed by atoms with Gasteiger partial charge in [0.2, 0.25) is 0 Å². The van der Waals surface area contributed by atoms with E-state index in [1.807, 2.05) is 13.0 Å². The number of hydrogen-bond donors (Lipinski definition) is 3. The van der Waals surface area contributed by atoms with Crippen molar-refractivity contribution in [1.29, 1.82) is 0 Å². The van der Waals surface area contributed by atoms with Crippen LogP contribution in [0.15, 0.2) is 34.3 Å². The molecule has 0 saturated heterocycles. The second-order valence-electron chi connectivity index (χ2n) is 4.26. The Morgan fingerprint density at radius 3 is 2.50 bits per heavy atom. The maximum Gasteiger partial charge on any atom is 0.196 e. The SMILES string of the molecule is CNC(C)c1c(F)cccc1Sc1nc(N)cc(N)n1. The number of nitrogens with zero attached hydrogens (tertiary/aromatic N) is 2. The first-order chi connectivity index (χ1) is 9.51. The van der Waals surface area contributed by atoms with Crippen LogP contribution in [-0.2, 0) is 0 Å². The van der Waals surface area contributed by atoms with Gasteiger partial charge in [-0.15, -0.1) is 0 Å². The van der Waals surface area contributed by atoms with Crippen LogP contribution in [0.25, 0.3) is 0 Å². The number of nitrogens with one attached hydrogen (secondary N) is 1. The van der Waals surface area contributed by atoms with Gasteiger partial charge >= 0.3 is 0 Å². The Bertz CT molecular complexity index is 599. The van der Waals surface area contributed by atoms with E-state index in [1.165, 1.54) is 23.9 Å². The summed E-state index contributed by atoms with van der Waals surface area (Å²) in [5.41, 5.74) is 11.8. The fourth-order valence-electron chi connectivity index (χ4n) is 1.78. The van der Waals surface area contributed by atoms with Gasteiger partial charge in [0.05, 0.1) is 0 Å². The molecule has 1 aromatic heterocycles. The van der Waals surface area contributed by atoms with Gasteiger partial charge in [0.15, 0.2) is 5.16 Å².